The number of aryl methyl sites for hydroxylation is 2. The molecule has 1 saturated heterocycles. The van der Waals surface area contributed by atoms with Crippen LogP contribution in [0.5, 0.6) is 0 Å². The molecular weight excluding hydrogens is 436 g/mol. The molecule has 34 heavy (non-hydrogen) atoms. The molecule has 2 aromatic heterocycles. The number of thiocarbonyl (C=S) groups is 1. The molecule has 5 heteroatoms. The molecule has 2 atom stereocenters. The normalized spacial score (nSPS) is 17.7. The van der Waals surface area contributed by atoms with E-state index < -0.39 is 0 Å². The first-order chi connectivity index (χ1) is 16.6. The predicted octanol–water partition coefficient (Wildman–Crippen LogP) is 6.22. The van der Waals surface area contributed by atoms with Crippen LogP contribution in [0.15, 0.2) is 85.1 Å². The molecule has 172 valence electrons. The molecule has 5 rings (SSSR count). The molecule has 0 saturated carbocycles. The van der Waals surface area contributed by atoms with E-state index >= 15 is 0 Å². The van der Waals surface area contributed by atoms with Gasteiger partial charge in [-0.05, 0) is 79.5 Å². The van der Waals surface area contributed by atoms with Gasteiger partial charge in [0.05, 0.1) is 17.8 Å². The quantitative estimate of drug-likeness (QED) is 0.342. The molecule has 1 fully saturated rings. The zero-order valence-corrected chi connectivity index (χ0v) is 20.7. The minimum absolute atomic E-state index is 0.0196. The number of hydrogen-bond donors (Lipinski definition) is 1. The lowest BCUT2D eigenvalue weighted by Crippen LogP contribution is -2.29. The number of rotatable bonds is 6. The van der Waals surface area contributed by atoms with Crippen molar-refractivity contribution in [2.45, 2.75) is 45.8 Å². The van der Waals surface area contributed by atoms with Gasteiger partial charge in [-0.3, -0.25) is 4.98 Å². The van der Waals surface area contributed by atoms with Crippen LogP contribution >= 0.6 is 12.2 Å². The van der Waals surface area contributed by atoms with Gasteiger partial charge >= 0.3 is 0 Å². The number of nitrogens with one attached hydrogen (secondary N) is 1. The molecular formula is C29H30N4S. The lowest BCUT2D eigenvalue weighted by molar-refractivity contribution is 0.310. The minimum Gasteiger partial charge on any atom is -0.352 e. The van der Waals surface area contributed by atoms with Crippen molar-refractivity contribution < 1.29 is 0 Å². The second-order valence-electron chi connectivity index (χ2n) is 8.92. The van der Waals surface area contributed by atoms with Crippen LogP contribution in [0.3, 0.4) is 0 Å². The zero-order chi connectivity index (χ0) is 23.7. The van der Waals surface area contributed by atoms with Crippen molar-refractivity contribution >= 4 is 17.3 Å². The summed E-state index contributed by atoms with van der Waals surface area (Å²) in [6.45, 7) is 7.33. The average Bonchev–Trinajstić information content (AvgIpc) is 3.35. The van der Waals surface area contributed by atoms with Crippen molar-refractivity contribution in [1.29, 1.82) is 0 Å². The molecule has 1 aliphatic rings. The number of benzene rings is 2. The van der Waals surface area contributed by atoms with Gasteiger partial charge in [-0.25, -0.2) is 0 Å². The van der Waals surface area contributed by atoms with Gasteiger partial charge in [0.1, 0.15) is 0 Å². The van der Waals surface area contributed by atoms with Crippen LogP contribution in [-0.2, 0) is 13.0 Å². The van der Waals surface area contributed by atoms with E-state index in [0.29, 0.717) is 0 Å². The molecule has 0 aliphatic carbocycles. The Labute approximate surface area is 207 Å². The number of pyridine rings is 1. The van der Waals surface area contributed by atoms with Crippen molar-refractivity contribution in [2.24, 2.45) is 0 Å². The maximum absolute atomic E-state index is 5.88. The molecule has 0 unspecified atom stereocenters. The largest absolute Gasteiger partial charge is 0.352 e. The molecule has 0 spiro atoms. The van der Waals surface area contributed by atoms with Crippen LogP contribution < -0.4 is 5.32 Å². The molecule has 0 bridgehead atoms. The van der Waals surface area contributed by atoms with Crippen molar-refractivity contribution in [3.63, 3.8) is 0 Å². The minimum atomic E-state index is -0.0196. The van der Waals surface area contributed by atoms with Crippen LogP contribution in [0.4, 0.5) is 0 Å². The summed E-state index contributed by atoms with van der Waals surface area (Å²) in [5.74, 6) is 0. The Morgan fingerprint density at radius 1 is 0.912 bits per heavy atom. The summed E-state index contributed by atoms with van der Waals surface area (Å²) in [6, 6.07) is 27.8. The van der Waals surface area contributed by atoms with Gasteiger partial charge in [-0.1, -0.05) is 55.5 Å². The summed E-state index contributed by atoms with van der Waals surface area (Å²) < 4.78 is 2.35. The third-order valence-electron chi connectivity index (χ3n) is 6.79. The molecule has 1 N–H and O–H groups in total. The lowest BCUT2D eigenvalue weighted by Gasteiger charge is -2.28. The van der Waals surface area contributed by atoms with Gasteiger partial charge in [-0.2, -0.15) is 0 Å². The Morgan fingerprint density at radius 3 is 2.32 bits per heavy atom. The SMILES string of the molecule is CCc1ccc(-n2c(C)cc([C@@H]3[C@@H](c4ccccn4)NC(=S)N3Cc3ccccc3)c2C)cc1. The summed E-state index contributed by atoms with van der Waals surface area (Å²) in [6.07, 6.45) is 2.90. The maximum Gasteiger partial charge on any atom is 0.170 e. The molecule has 1 aliphatic heterocycles. The fraction of sp³-hybridized carbons (Fsp3) is 0.241. The van der Waals surface area contributed by atoms with E-state index in [1.165, 1.54) is 33.8 Å². The van der Waals surface area contributed by atoms with Gasteiger partial charge in [-0.15, -0.1) is 0 Å². The van der Waals surface area contributed by atoms with E-state index in [0.717, 1.165) is 23.8 Å². The van der Waals surface area contributed by atoms with Crippen LogP contribution in [0.2, 0.25) is 0 Å². The topological polar surface area (TPSA) is 33.1 Å². The van der Waals surface area contributed by atoms with Crippen molar-refractivity contribution in [2.75, 3.05) is 0 Å². The first-order valence-electron chi connectivity index (χ1n) is 11.9. The highest BCUT2D eigenvalue weighted by atomic mass is 32.1. The Morgan fingerprint density at radius 2 is 1.65 bits per heavy atom. The third kappa shape index (κ3) is 4.12. The van der Waals surface area contributed by atoms with E-state index in [1.54, 1.807) is 0 Å². The lowest BCUT2D eigenvalue weighted by atomic mass is 9.96. The van der Waals surface area contributed by atoms with E-state index in [9.17, 15) is 0 Å². The molecule has 2 aromatic carbocycles. The summed E-state index contributed by atoms with van der Waals surface area (Å²) in [5.41, 5.74) is 8.50. The van der Waals surface area contributed by atoms with Crippen LogP contribution in [0, 0.1) is 13.8 Å². The predicted molar refractivity (Wildman–Crippen MR) is 142 cm³/mol. The van der Waals surface area contributed by atoms with Crippen LogP contribution in [-0.4, -0.2) is 19.6 Å². The fourth-order valence-electron chi connectivity index (χ4n) is 5.06. The summed E-state index contributed by atoms with van der Waals surface area (Å²) in [7, 11) is 0. The number of hydrogen-bond acceptors (Lipinski definition) is 2. The fourth-order valence-corrected chi connectivity index (χ4v) is 5.36. The smallest absolute Gasteiger partial charge is 0.170 e. The standard InChI is InChI=1S/C29H30N4S/c1-4-22-13-15-24(16-14-22)33-20(2)18-25(21(33)3)28-27(26-12-8-9-17-30-26)31-29(34)32(28)19-23-10-6-5-7-11-23/h5-18,27-28H,4,19H2,1-3H3,(H,31,34)/t27-,28-/m1/s1. The van der Waals surface area contributed by atoms with Gasteiger partial charge in [0.2, 0.25) is 0 Å². The van der Waals surface area contributed by atoms with Gasteiger partial charge in [0, 0.05) is 29.8 Å². The van der Waals surface area contributed by atoms with Crippen LogP contribution in [0.1, 0.15) is 52.8 Å². The van der Waals surface area contributed by atoms with E-state index in [-0.39, 0.29) is 12.1 Å². The first-order valence-corrected chi connectivity index (χ1v) is 12.3. The van der Waals surface area contributed by atoms with Crippen molar-refractivity contribution in [1.82, 2.24) is 19.8 Å². The second kappa shape index (κ2) is 9.43. The molecule has 0 radical (unpaired) electrons. The third-order valence-corrected chi connectivity index (χ3v) is 7.14. The zero-order valence-electron chi connectivity index (χ0n) is 19.9. The van der Waals surface area contributed by atoms with E-state index in [4.69, 9.17) is 17.2 Å². The first kappa shape index (κ1) is 22.4. The second-order valence-corrected chi connectivity index (χ2v) is 9.31. The highest BCUT2D eigenvalue weighted by molar-refractivity contribution is 7.80. The summed E-state index contributed by atoms with van der Waals surface area (Å²) >= 11 is 5.88. The molecule has 3 heterocycles. The van der Waals surface area contributed by atoms with Gasteiger partial charge < -0.3 is 14.8 Å². The van der Waals surface area contributed by atoms with Gasteiger partial charge in [0.25, 0.3) is 0 Å². The Balaban J connectivity index is 1.60. The molecule has 0 amide bonds. The Hall–Kier alpha value is -3.44. The Kier molecular flexibility index (Phi) is 6.20. The van der Waals surface area contributed by atoms with Crippen molar-refractivity contribution in [3.8, 4) is 5.69 Å². The highest BCUT2D eigenvalue weighted by Crippen LogP contribution is 2.42. The Bertz CT molecular complexity index is 1280. The summed E-state index contributed by atoms with van der Waals surface area (Å²) in [5, 5.41) is 4.35. The van der Waals surface area contributed by atoms with E-state index in [2.05, 4.69) is 102 Å². The molecule has 4 nitrogen and oxygen atoms in total. The molecule has 4 aromatic rings. The van der Waals surface area contributed by atoms with E-state index in [1.807, 2.05) is 18.3 Å². The average molecular weight is 467 g/mol. The number of aromatic nitrogens is 2. The van der Waals surface area contributed by atoms with Crippen molar-refractivity contribution in [3.05, 3.63) is 119 Å². The summed E-state index contributed by atoms with van der Waals surface area (Å²) in [4.78, 5) is 7.01. The highest BCUT2D eigenvalue weighted by Gasteiger charge is 2.41. The van der Waals surface area contributed by atoms with Gasteiger partial charge in [0.15, 0.2) is 5.11 Å². The van der Waals surface area contributed by atoms with Crippen LogP contribution in [0.25, 0.3) is 5.69 Å². The maximum atomic E-state index is 5.88. The number of nitrogens with zero attached hydrogens (tertiary/aromatic N) is 3. The monoisotopic (exact) mass is 466 g/mol.